The van der Waals surface area contributed by atoms with Crippen LogP contribution in [0, 0.1) is 13.8 Å². The Balaban J connectivity index is 3.00. The SMILES string of the molecule is Cc1cc(C)cc(C(C)NN)c1. The predicted molar refractivity (Wildman–Crippen MR) is 51.7 cm³/mol. The summed E-state index contributed by atoms with van der Waals surface area (Å²) in [4.78, 5) is 0. The molecule has 0 amide bonds. The monoisotopic (exact) mass is 164 g/mol. The van der Waals surface area contributed by atoms with E-state index in [-0.39, 0.29) is 6.04 Å². The van der Waals surface area contributed by atoms with E-state index in [4.69, 9.17) is 5.84 Å². The second kappa shape index (κ2) is 3.70. The molecule has 0 bridgehead atoms. The van der Waals surface area contributed by atoms with Gasteiger partial charge in [0.2, 0.25) is 0 Å². The second-order valence-electron chi connectivity index (χ2n) is 3.31. The van der Waals surface area contributed by atoms with Crippen LogP contribution in [0.5, 0.6) is 0 Å². The lowest BCUT2D eigenvalue weighted by atomic mass is 10.0. The molecule has 2 nitrogen and oxygen atoms in total. The third-order valence-electron chi connectivity index (χ3n) is 1.99. The Bertz CT molecular complexity index is 248. The highest BCUT2D eigenvalue weighted by Gasteiger charge is 2.02. The molecule has 0 heterocycles. The van der Waals surface area contributed by atoms with Crippen molar-refractivity contribution in [3.05, 3.63) is 34.9 Å². The van der Waals surface area contributed by atoms with Gasteiger partial charge in [-0.2, -0.15) is 0 Å². The number of hydrogen-bond acceptors (Lipinski definition) is 2. The summed E-state index contributed by atoms with van der Waals surface area (Å²) in [5.74, 6) is 5.35. The standard InChI is InChI=1S/C10H16N2/c1-7-4-8(2)6-10(5-7)9(3)12-11/h4-6,9,12H,11H2,1-3H3. The molecule has 0 aliphatic rings. The Morgan fingerprint density at radius 2 is 1.67 bits per heavy atom. The lowest BCUT2D eigenvalue weighted by molar-refractivity contribution is 0.602. The normalized spacial score (nSPS) is 13.0. The van der Waals surface area contributed by atoms with Crippen LogP contribution in [-0.4, -0.2) is 0 Å². The Morgan fingerprint density at radius 3 is 2.08 bits per heavy atom. The zero-order valence-electron chi connectivity index (χ0n) is 7.89. The van der Waals surface area contributed by atoms with Crippen LogP contribution in [-0.2, 0) is 0 Å². The number of hydrazine groups is 1. The van der Waals surface area contributed by atoms with Gasteiger partial charge in [-0.05, 0) is 26.3 Å². The quantitative estimate of drug-likeness (QED) is 0.517. The van der Waals surface area contributed by atoms with E-state index in [9.17, 15) is 0 Å². The maximum atomic E-state index is 5.35. The van der Waals surface area contributed by atoms with Gasteiger partial charge in [0.25, 0.3) is 0 Å². The summed E-state index contributed by atoms with van der Waals surface area (Å²) in [6.07, 6.45) is 0. The fraction of sp³-hybridized carbons (Fsp3) is 0.400. The maximum absolute atomic E-state index is 5.35. The number of benzene rings is 1. The molecule has 0 fully saturated rings. The van der Waals surface area contributed by atoms with E-state index < -0.39 is 0 Å². The predicted octanol–water partition coefficient (Wildman–Crippen LogP) is 1.83. The molecule has 1 unspecified atom stereocenters. The summed E-state index contributed by atoms with van der Waals surface area (Å²) in [5.41, 5.74) is 6.55. The summed E-state index contributed by atoms with van der Waals surface area (Å²) >= 11 is 0. The van der Waals surface area contributed by atoms with Crippen molar-refractivity contribution in [2.45, 2.75) is 26.8 Å². The van der Waals surface area contributed by atoms with Gasteiger partial charge in [0.05, 0.1) is 0 Å². The molecule has 1 rings (SSSR count). The first-order valence-electron chi connectivity index (χ1n) is 4.18. The highest BCUT2D eigenvalue weighted by atomic mass is 15.2. The summed E-state index contributed by atoms with van der Waals surface area (Å²) in [7, 11) is 0. The fourth-order valence-corrected chi connectivity index (χ4v) is 1.36. The lowest BCUT2D eigenvalue weighted by Crippen LogP contribution is -2.25. The van der Waals surface area contributed by atoms with E-state index in [1.165, 1.54) is 16.7 Å². The Morgan fingerprint density at radius 1 is 1.17 bits per heavy atom. The summed E-state index contributed by atoms with van der Waals surface area (Å²) in [6.45, 7) is 6.24. The molecule has 12 heavy (non-hydrogen) atoms. The summed E-state index contributed by atoms with van der Waals surface area (Å²) in [6, 6.07) is 6.69. The third kappa shape index (κ3) is 2.06. The largest absolute Gasteiger partial charge is 0.271 e. The van der Waals surface area contributed by atoms with Gasteiger partial charge in [0.1, 0.15) is 0 Å². The van der Waals surface area contributed by atoms with Crippen LogP contribution in [0.25, 0.3) is 0 Å². The fourth-order valence-electron chi connectivity index (χ4n) is 1.36. The number of nitrogens with one attached hydrogen (secondary N) is 1. The van der Waals surface area contributed by atoms with Crippen LogP contribution in [0.4, 0.5) is 0 Å². The average molecular weight is 164 g/mol. The first-order chi connectivity index (χ1) is 5.63. The van der Waals surface area contributed by atoms with Crippen LogP contribution in [0.1, 0.15) is 29.7 Å². The van der Waals surface area contributed by atoms with Crippen LogP contribution in [0.2, 0.25) is 0 Å². The molecule has 1 aromatic carbocycles. The molecular weight excluding hydrogens is 148 g/mol. The van der Waals surface area contributed by atoms with Crippen molar-refractivity contribution < 1.29 is 0 Å². The molecule has 0 aromatic heterocycles. The first kappa shape index (κ1) is 9.23. The number of aryl methyl sites for hydroxylation is 2. The van der Waals surface area contributed by atoms with Crippen molar-refractivity contribution in [2.75, 3.05) is 0 Å². The Labute approximate surface area is 73.8 Å². The van der Waals surface area contributed by atoms with Crippen LogP contribution < -0.4 is 11.3 Å². The zero-order chi connectivity index (χ0) is 9.14. The van der Waals surface area contributed by atoms with Crippen LogP contribution in [0.15, 0.2) is 18.2 Å². The molecule has 0 radical (unpaired) electrons. The maximum Gasteiger partial charge on any atom is 0.0432 e. The molecule has 0 saturated heterocycles. The van der Waals surface area contributed by atoms with E-state index in [1.807, 2.05) is 6.92 Å². The molecular formula is C10H16N2. The molecule has 0 aliphatic heterocycles. The highest BCUT2D eigenvalue weighted by molar-refractivity contribution is 5.30. The van der Waals surface area contributed by atoms with Gasteiger partial charge < -0.3 is 0 Å². The Hall–Kier alpha value is -0.860. The van der Waals surface area contributed by atoms with Crippen molar-refractivity contribution in [3.63, 3.8) is 0 Å². The summed E-state index contributed by atoms with van der Waals surface area (Å²) < 4.78 is 0. The third-order valence-corrected chi connectivity index (χ3v) is 1.99. The topological polar surface area (TPSA) is 38.0 Å². The van der Waals surface area contributed by atoms with Gasteiger partial charge in [0.15, 0.2) is 0 Å². The van der Waals surface area contributed by atoms with Gasteiger partial charge >= 0.3 is 0 Å². The van der Waals surface area contributed by atoms with E-state index in [0.717, 1.165) is 0 Å². The number of hydrogen-bond donors (Lipinski definition) is 2. The number of rotatable bonds is 2. The average Bonchev–Trinajstić information content (AvgIpc) is 2.01. The van der Waals surface area contributed by atoms with Gasteiger partial charge in [0, 0.05) is 6.04 Å². The smallest absolute Gasteiger partial charge is 0.0432 e. The van der Waals surface area contributed by atoms with E-state index >= 15 is 0 Å². The minimum Gasteiger partial charge on any atom is -0.271 e. The molecule has 3 N–H and O–H groups in total. The van der Waals surface area contributed by atoms with Crippen molar-refractivity contribution >= 4 is 0 Å². The Kier molecular flexibility index (Phi) is 2.84. The first-order valence-corrected chi connectivity index (χ1v) is 4.18. The molecule has 66 valence electrons. The zero-order valence-corrected chi connectivity index (χ0v) is 7.89. The van der Waals surface area contributed by atoms with Crippen LogP contribution >= 0.6 is 0 Å². The van der Waals surface area contributed by atoms with Gasteiger partial charge in [-0.25, -0.2) is 0 Å². The van der Waals surface area contributed by atoms with Crippen molar-refractivity contribution in [3.8, 4) is 0 Å². The minimum atomic E-state index is 0.226. The minimum absolute atomic E-state index is 0.226. The summed E-state index contributed by atoms with van der Waals surface area (Å²) in [5, 5.41) is 0. The molecule has 1 atom stereocenters. The lowest BCUT2D eigenvalue weighted by Gasteiger charge is -2.11. The van der Waals surface area contributed by atoms with E-state index in [2.05, 4.69) is 37.5 Å². The molecule has 2 heteroatoms. The second-order valence-corrected chi connectivity index (χ2v) is 3.31. The van der Waals surface area contributed by atoms with Gasteiger partial charge in [-0.1, -0.05) is 29.3 Å². The van der Waals surface area contributed by atoms with E-state index in [1.54, 1.807) is 0 Å². The molecule has 0 spiro atoms. The highest BCUT2D eigenvalue weighted by Crippen LogP contribution is 2.15. The molecule has 1 aromatic rings. The molecule has 0 saturated carbocycles. The van der Waals surface area contributed by atoms with Crippen molar-refractivity contribution in [2.24, 2.45) is 5.84 Å². The number of nitrogens with two attached hydrogens (primary N) is 1. The van der Waals surface area contributed by atoms with Crippen LogP contribution in [0.3, 0.4) is 0 Å². The van der Waals surface area contributed by atoms with Gasteiger partial charge in [-0.15, -0.1) is 0 Å². The van der Waals surface area contributed by atoms with Crippen molar-refractivity contribution in [1.82, 2.24) is 5.43 Å². The molecule has 0 aliphatic carbocycles. The van der Waals surface area contributed by atoms with Crippen molar-refractivity contribution in [1.29, 1.82) is 0 Å². The van der Waals surface area contributed by atoms with E-state index in [0.29, 0.717) is 0 Å². The van der Waals surface area contributed by atoms with Gasteiger partial charge in [-0.3, -0.25) is 11.3 Å².